The number of likely N-dealkylation sites (tertiary alicyclic amines) is 1. The molecule has 1 N–H and O–H groups in total. The lowest BCUT2D eigenvalue weighted by atomic mass is 9.84. The zero-order chi connectivity index (χ0) is 16.2. The van der Waals surface area contributed by atoms with Gasteiger partial charge >= 0.3 is 0 Å². The van der Waals surface area contributed by atoms with Crippen molar-refractivity contribution in [2.75, 3.05) is 26.7 Å². The van der Waals surface area contributed by atoms with Crippen LogP contribution >= 0.6 is 0 Å². The highest BCUT2D eigenvalue weighted by Gasteiger charge is 2.39. The fraction of sp³-hybridized carbons (Fsp3) is 0.667. The van der Waals surface area contributed by atoms with Gasteiger partial charge in [-0.3, -0.25) is 9.78 Å². The van der Waals surface area contributed by atoms with Crippen molar-refractivity contribution in [3.05, 3.63) is 29.6 Å². The lowest BCUT2D eigenvalue weighted by Gasteiger charge is -2.34. The van der Waals surface area contributed by atoms with E-state index < -0.39 is 0 Å². The topological polar surface area (TPSA) is 54.5 Å². The zero-order valence-electron chi connectivity index (χ0n) is 14.1. The van der Waals surface area contributed by atoms with Gasteiger partial charge in [-0.25, -0.2) is 0 Å². The molecule has 5 nitrogen and oxygen atoms in total. The summed E-state index contributed by atoms with van der Waals surface area (Å²) < 4.78 is 5.95. The molecule has 0 saturated carbocycles. The molecule has 0 unspecified atom stereocenters. The Morgan fingerprint density at radius 3 is 2.91 bits per heavy atom. The molecule has 1 aromatic rings. The van der Waals surface area contributed by atoms with E-state index in [2.05, 4.69) is 22.2 Å². The van der Waals surface area contributed by atoms with E-state index in [9.17, 15) is 4.79 Å². The van der Waals surface area contributed by atoms with Gasteiger partial charge in [0, 0.05) is 25.5 Å². The van der Waals surface area contributed by atoms with E-state index in [4.69, 9.17) is 4.74 Å². The Labute approximate surface area is 138 Å². The third kappa shape index (κ3) is 3.90. The van der Waals surface area contributed by atoms with Crippen LogP contribution in [-0.2, 0) is 16.1 Å². The summed E-state index contributed by atoms with van der Waals surface area (Å²) in [7, 11) is 2.16. The van der Waals surface area contributed by atoms with Crippen molar-refractivity contribution in [3.8, 4) is 0 Å². The monoisotopic (exact) mass is 317 g/mol. The summed E-state index contributed by atoms with van der Waals surface area (Å²) in [5.41, 5.74) is 2.24. The van der Waals surface area contributed by atoms with Crippen LogP contribution in [0.4, 0.5) is 0 Å². The molecular formula is C18H27N3O2. The molecule has 3 heterocycles. The van der Waals surface area contributed by atoms with Crippen molar-refractivity contribution in [1.29, 1.82) is 0 Å². The number of hydrogen-bond acceptors (Lipinski definition) is 4. The minimum absolute atomic E-state index is 0.00514. The Balaban J connectivity index is 1.57. The summed E-state index contributed by atoms with van der Waals surface area (Å²) in [6, 6.07) is 1.97. The number of carbonyl (C=O) groups excluding carboxylic acids is 1. The van der Waals surface area contributed by atoms with Gasteiger partial charge in [0.1, 0.15) is 0 Å². The highest BCUT2D eigenvalue weighted by Crippen LogP contribution is 2.33. The third-order valence-corrected chi connectivity index (χ3v) is 5.29. The molecule has 0 aliphatic carbocycles. The van der Waals surface area contributed by atoms with Gasteiger partial charge in [0.05, 0.1) is 12.0 Å². The lowest BCUT2D eigenvalue weighted by Crippen LogP contribution is -2.42. The number of carbonyl (C=O) groups is 1. The smallest absolute Gasteiger partial charge is 0.226 e. The van der Waals surface area contributed by atoms with Crippen LogP contribution in [0.1, 0.15) is 30.4 Å². The number of aromatic nitrogens is 1. The van der Waals surface area contributed by atoms with E-state index in [0.29, 0.717) is 19.1 Å². The quantitative estimate of drug-likeness (QED) is 0.919. The van der Waals surface area contributed by atoms with Crippen molar-refractivity contribution >= 4 is 5.91 Å². The molecule has 0 aromatic carbocycles. The van der Waals surface area contributed by atoms with E-state index in [1.165, 1.54) is 0 Å². The summed E-state index contributed by atoms with van der Waals surface area (Å²) in [6.45, 7) is 5.52. The molecule has 2 fully saturated rings. The van der Waals surface area contributed by atoms with Gasteiger partial charge in [-0.1, -0.05) is 0 Å². The van der Waals surface area contributed by atoms with Gasteiger partial charge < -0.3 is 15.0 Å². The minimum atomic E-state index is 0.00514. The van der Waals surface area contributed by atoms with Gasteiger partial charge in [0.25, 0.3) is 0 Å². The molecule has 0 radical (unpaired) electrons. The van der Waals surface area contributed by atoms with Crippen LogP contribution in [-0.4, -0.2) is 48.6 Å². The Kier molecular flexibility index (Phi) is 5.28. The van der Waals surface area contributed by atoms with Crippen LogP contribution in [0.25, 0.3) is 0 Å². The molecule has 2 aliphatic heterocycles. The number of hydrogen-bond donors (Lipinski definition) is 1. The Bertz CT molecular complexity index is 541. The van der Waals surface area contributed by atoms with Crippen molar-refractivity contribution in [1.82, 2.24) is 15.2 Å². The number of ether oxygens (including phenoxy) is 1. The van der Waals surface area contributed by atoms with Gasteiger partial charge in [-0.05, 0) is 69.4 Å². The number of aryl methyl sites for hydroxylation is 1. The maximum atomic E-state index is 12.6. The molecule has 3 rings (SSSR count). The zero-order valence-corrected chi connectivity index (χ0v) is 14.1. The molecule has 2 saturated heterocycles. The van der Waals surface area contributed by atoms with Crippen molar-refractivity contribution < 1.29 is 9.53 Å². The summed E-state index contributed by atoms with van der Waals surface area (Å²) in [5.74, 6) is 0.667. The van der Waals surface area contributed by atoms with Crippen LogP contribution in [0, 0.1) is 18.8 Å². The number of pyridine rings is 1. The van der Waals surface area contributed by atoms with Crippen molar-refractivity contribution in [2.24, 2.45) is 11.8 Å². The van der Waals surface area contributed by atoms with Crippen molar-refractivity contribution in [2.45, 2.75) is 38.8 Å². The largest absolute Gasteiger partial charge is 0.377 e. The second-order valence-electron chi connectivity index (χ2n) is 6.89. The van der Waals surface area contributed by atoms with Crippen molar-refractivity contribution in [3.63, 3.8) is 0 Å². The fourth-order valence-corrected chi connectivity index (χ4v) is 3.73. The Morgan fingerprint density at radius 2 is 2.17 bits per heavy atom. The number of piperidine rings is 1. The van der Waals surface area contributed by atoms with E-state index in [1.54, 1.807) is 6.20 Å². The van der Waals surface area contributed by atoms with Gasteiger partial charge in [-0.2, -0.15) is 0 Å². The first kappa shape index (κ1) is 16.4. The predicted octanol–water partition coefficient (Wildman–Crippen LogP) is 1.75. The average molecular weight is 317 g/mol. The molecule has 1 amide bonds. The summed E-state index contributed by atoms with van der Waals surface area (Å²) in [5, 5.41) is 3.10. The van der Waals surface area contributed by atoms with Gasteiger partial charge in [0.2, 0.25) is 5.91 Å². The van der Waals surface area contributed by atoms with Crippen LogP contribution in [0.2, 0.25) is 0 Å². The molecule has 2 atom stereocenters. The Morgan fingerprint density at radius 1 is 1.39 bits per heavy atom. The maximum absolute atomic E-state index is 12.6. The predicted molar refractivity (Wildman–Crippen MR) is 88.9 cm³/mol. The highest BCUT2D eigenvalue weighted by atomic mass is 16.5. The maximum Gasteiger partial charge on any atom is 0.226 e. The summed E-state index contributed by atoms with van der Waals surface area (Å²) in [4.78, 5) is 19.1. The first-order chi connectivity index (χ1) is 11.1. The molecule has 1 aromatic heterocycles. The summed E-state index contributed by atoms with van der Waals surface area (Å²) in [6.07, 6.45) is 6.82. The normalized spacial score (nSPS) is 26.3. The second kappa shape index (κ2) is 7.41. The van der Waals surface area contributed by atoms with Gasteiger partial charge in [0.15, 0.2) is 0 Å². The number of nitrogens with zero attached hydrogens (tertiary/aromatic N) is 2. The molecule has 0 spiro atoms. The van der Waals surface area contributed by atoms with E-state index in [-0.39, 0.29) is 17.9 Å². The first-order valence-corrected chi connectivity index (χ1v) is 8.62. The number of amides is 1. The number of nitrogens with one attached hydrogen (secondary N) is 1. The molecule has 5 heteroatoms. The molecule has 0 bridgehead atoms. The lowest BCUT2D eigenvalue weighted by molar-refractivity contribution is -0.128. The van der Waals surface area contributed by atoms with E-state index in [1.807, 2.05) is 19.2 Å². The molecule has 23 heavy (non-hydrogen) atoms. The van der Waals surface area contributed by atoms with Crippen LogP contribution in [0.15, 0.2) is 18.5 Å². The van der Waals surface area contributed by atoms with Gasteiger partial charge in [-0.15, -0.1) is 0 Å². The Hall–Kier alpha value is -1.46. The second-order valence-corrected chi connectivity index (χ2v) is 6.89. The van der Waals surface area contributed by atoms with E-state index in [0.717, 1.165) is 43.5 Å². The van der Waals surface area contributed by atoms with E-state index >= 15 is 0 Å². The SMILES string of the molecule is Cc1cnccc1CNC(=O)[C@H]1CCO[C@@H]1C1CCN(C)CC1. The van der Waals surface area contributed by atoms with Crippen LogP contribution in [0.3, 0.4) is 0 Å². The van der Waals surface area contributed by atoms with Crippen LogP contribution in [0.5, 0.6) is 0 Å². The minimum Gasteiger partial charge on any atom is -0.377 e. The molecular weight excluding hydrogens is 290 g/mol. The molecule has 126 valence electrons. The number of rotatable bonds is 4. The fourth-order valence-electron chi connectivity index (χ4n) is 3.73. The highest BCUT2D eigenvalue weighted by molar-refractivity contribution is 5.79. The average Bonchev–Trinajstić information content (AvgIpc) is 3.04. The third-order valence-electron chi connectivity index (χ3n) is 5.29. The summed E-state index contributed by atoms with van der Waals surface area (Å²) >= 11 is 0. The standard InChI is InChI=1S/C18H27N3O2/c1-13-11-19-7-3-15(13)12-20-18(22)16-6-10-23-17(16)14-4-8-21(2)9-5-14/h3,7,11,14,16-17H,4-6,8-10,12H2,1-2H3,(H,20,22)/t16-,17+/m0/s1. The molecule has 2 aliphatic rings. The van der Waals surface area contributed by atoms with Crippen LogP contribution < -0.4 is 5.32 Å². The first-order valence-electron chi connectivity index (χ1n) is 8.62.